The van der Waals surface area contributed by atoms with Crippen molar-refractivity contribution in [2.24, 2.45) is 17.3 Å². The third-order valence-corrected chi connectivity index (χ3v) is 9.65. The normalized spacial score (nSPS) is 47.8. The number of hydrogen-bond acceptors (Lipinski definition) is 4. The average Bonchev–Trinajstić information content (AvgIpc) is 3.29. The van der Waals surface area contributed by atoms with E-state index in [0.29, 0.717) is 18.4 Å². The minimum atomic E-state index is -0.835. The average molecular weight is 422 g/mol. The quantitative estimate of drug-likeness (QED) is 0.696. The number of fused-ring (bicyclic) bond motifs is 1. The van der Waals surface area contributed by atoms with Crippen molar-refractivity contribution in [1.29, 1.82) is 0 Å². The van der Waals surface area contributed by atoms with E-state index in [-0.39, 0.29) is 16.9 Å². The van der Waals surface area contributed by atoms with E-state index in [4.69, 9.17) is 4.74 Å². The van der Waals surface area contributed by atoms with Gasteiger partial charge in [-0.05, 0) is 79.5 Å². The van der Waals surface area contributed by atoms with Crippen LogP contribution in [0, 0.1) is 17.3 Å². The summed E-state index contributed by atoms with van der Waals surface area (Å²) in [7, 11) is 1.91. The van der Waals surface area contributed by atoms with E-state index < -0.39 is 17.8 Å². The van der Waals surface area contributed by atoms with Gasteiger partial charge in [-0.1, -0.05) is 49.4 Å². The Morgan fingerprint density at radius 1 is 1.13 bits per heavy atom. The highest BCUT2D eigenvalue weighted by Crippen LogP contribution is 2.69. The van der Waals surface area contributed by atoms with E-state index in [1.165, 1.54) is 24.0 Å². The molecule has 3 N–H and O–H groups in total. The molecular weight excluding hydrogens is 386 g/mol. The van der Waals surface area contributed by atoms with Gasteiger partial charge in [-0.25, -0.2) is 0 Å². The van der Waals surface area contributed by atoms with Crippen LogP contribution in [0.5, 0.6) is 0 Å². The largest absolute Gasteiger partial charge is 0.390 e. The third-order valence-electron chi connectivity index (χ3n) is 9.65. The second-order valence-electron chi connectivity index (χ2n) is 11.0. The number of aliphatic hydroxyl groups is 2. The van der Waals surface area contributed by atoms with Crippen molar-refractivity contribution in [1.82, 2.24) is 5.32 Å². The first-order valence-electron chi connectivity index (χ1n) is 12.1. The van der Waals surface area contributed by atoms with Gasteiger partial charge in [0.15, 0.2) is 0 Å². The van der Waals surface area contributed by atoms with E-state index >= 15 is 0 Å². The molecule has 3 fully saturated rings. The van der Waals surface area contributed by atoms with E-state index in [2.05, 4.69) is 54.7 Å². The molecule has 0 amide bonds. The summed E-state index contributed by atoms with van der Waals surface area (Å²) < 4.78 is 7.20. The Kier molecular flexibility index (Phi) is 4.41. The first-order chi connectivity index (χ1) is 14.9. The highest BCUT2D eigenvalue weighted by molar-refractivity contribution is 5.49. The fourth-order valence-corrected chi connectivity index (χ4v) is 8.25. The van der Waals surface area contributed by atoms with Crippen LogP contribution in [0.25, 0.3) is 0 Å². The van der Waals surface area contributed by atoms with Crippen LogP contribution in [0.2, 0.25) is 0 Å². The molecule has 2 heterocycles. The Hall–Kier alpha value is -1.46. The van der Waals surface area contributed by atoms with Gasteiger partial charge in [-0.15, -0.1) is 0 Å². The van der Waals surface area contributed by atoms with Crippen molar-refractivity contribution >= 4 is 0 Å². The minimum Gasteiger partial charge on any atom is -0.390 e. The van der Waals surface area contributed by atoms with E-state index in [1.807, 2.05) is 7.05 Å². The van der Waals surface area contributed by atoms with Crippen molar-refractivity contribution in [2.45, 2.75) is 74.8 Å². The zero-order valence-electron chi connectivity index (χ0n) is 18.7. The molecule has 0 aromatic heterocycles. The summed E-state index contributed by atoms with van der Waals surface area (Å²) >= 11 is 0. The molecule has 2 aliphatic heterocycles. The Morgan fingerprint density at radius 3 is 2.71 bits per heavy atom. The van der Waals surface area contributed by atoms with Crippen LogP contribution in [0.1, 0.15) is 56.9 Å². The molecule has 166 valence electrons. The Labute approximate surface area is 185 Å². The lowest BCUT2D eigenvalue weighted by atomic mass is 9.58. The predicted octanol–water partition coefficient (Wildman–Crippen LogP) is 3.71. The topological polar surface area (TPSA) is 61.7 Å². The molecule has 2 spiro atoms. The number of nitrogens with one attached hydrogen (secondary N) is 1. The molecule has 4 heteroatoms. The predicted molar refractivity (Wildman–Crippen MR) is 121 cm³/mol. The first kappa shape index (κ1) is 20.2. The molecule has 31 heavy (non-hydrogen) atoms. The summed E-state index contributed by atoms with van der Waals surface area (Å²) in [5, 5.41) is 25.0. The fourth-order valence-electron chi connectivity index (χ4n) is 8.25. The summed E-state index contributed by atoms with van der Waals surface area (Å²) in [5.41, 5.74) is 3.20. The molecule has 2 bridgehead atoms. The van der Waals surface area contributed by atoms with Gasteiger partial charge in [0.1, 0.15) is 6.10 Å². The maximum absolute atomic E-state index is 11.0. The van der Waals surface area contributed by atoms with Gasteiger partial charge < -0.3 is 20.3 Å². The number of allylic oxidation sites excluding steroid dienone is 1. The van der Waals surface area contributed by atoms with Crippen LogP contribution in [0.3, 0.4) is 0 Å². The number of benzene rings is 1. The van der Waals surface area contributed by atoms with Crippen LogP contribution in [-0.4, -0.2) is 47.2 Å². The summed E-state index contributed by atoms with van der Waals surface area (Å²) in [6.07, 6.45) is 9.28. The van der Waals surface area contributed by atoms with Crippen LogP contribution < -0.4 is 5.32 Å². The summed E-state index contributed by atoms with van der Waals surface area (Å²) in [6.45, 7) is 3.19. The molecular formula is C27H35NO3. The fraction of sp³-hybridized carbons (Fsp3) is 0.630. The standard InChI is InChI=1S/C27H35NO3/c1-25-11-10-19-14-21-24(30)23(29)18(16-28-2)15-26(21)12-13-27(19,31-26)22(25)9-8-20(25)17-6-4-3-5-7-17/h3-7,10,14,18,20,22-24,28-30H,8-9,11-13,15-16H2,1-2H3/t18-,20-,22-,23-,24-,25-,26-,27-/m1/s1. The van der Waals surface area contributed by atoms with E-state index in [0.717, 1.165) is 31.3 Å². The van der Waals surface area contributed by atoms with Crippen molar-refractivity contribution in [2.75, 3.05) is 13.6 Å². The highest BCUT2D eigenvalue weighted by atomic mass is 16.5. The molecule has 3 aliphatic carbocycles. The Bertz CT molecular complexity index is 941. The Balaban J connectivity index is 1.41. The molecule has 1 saturated heterocycles. The van der Waals surface area contributed by atoms with Crippen LogP contribution >= 0.6 is 0 Å². The van der Waals surface area contributed by atoms with Crippen molar-refractivity contribution in [3.63, 3.8) is 0 Å². The molecule has 1 aromatic rings. The molecule has 8 atom stereocenters. The van der Waals surface area contributed by atoms with E-state index in [9.17, 15) is 10.2 Å². The lowest BCUT2D eigenvalue weighted by Crippen LogP contribution is -2.59. The Morgan fingerprint density at radius 2 is 1.94 bits per heavy atom. The second kappa shape index (κ2) is 6.77. The molecule has 0 unspecified atom stereocenters. The monoisotopic (exact) mass is 421 g/mol. The second-order valence-corrected chi connectivity index (χ2v) is 11.0. The van der Waals surface area contributed by atoms with Gasteiger partial charge >= 0.3 is 0 Å². The lowest BCUT2D eigenvalue weighted by Gasteiger charge is -2.55. The smallest absolute Gasteiger partial charge is 0.104 e. The minimum absolute atomic E-state index is 0.00782. The summed E-state index contributed by atoms with van der Waals surface area (Å²) in [4.78, 5) is 0. The van der Waals surface area contributed by atoms with Crippen molar-refractivity contribution in [3.05, 3.63) is 59.2 Å². The molecule has 4 nitrogen and oxygen atoms in total. The molecule has 0 radical (unpaired) electrons. The van der Waals surface area contributed by atoms with Crippen LogP contribution in [-0.2, 0) is 4.74 Å². The SMILES string of the molecule is CNC[C@H]1C[C@@]23CC[C@@]4(O2)C(=CC[C@]2(C)[C@@H](c5ccccc5)CC[C@H]24)C=C3[C@@H](O)[C@@H]1O. The van der Waals surface area contributed by atoms with Crippen LogP contribution in [0.4, 0.5) is 0 Å². The first-order valence-corrected chi connectivity index (χ1v) is 12.1. The van der Waals surface area contributed by atoms with Crippen molar-refractivity contribution in [3.8, 4) is 0 Å². The molecule has 2 saturated carbocycles. The third kappa shape index (κ3) is 2.56. The maximum Gasteiger partial charge on any atom is 0.104 e. The number of rotatable bonds is 3. The molecule has 6 rings (SSSR count). The van der Waals surface area contributed by atoms with E-state index in [1.54, 1.807) is 0 Å². The lowest BCUT2D eigenvalue weighted by molar-refractivity contribution is -0.163. The van der Waals surface area contributed by atoms with Gasteiger partial charge in [0, 0.05) is 12.5 Å². The summed E-state index contributed by atoms with van der Waals surface area (Å²) in [5.74, 6) is 1.06. The van der Waals surface area contributed by atoms with Gasteiger partial charge in [-0.2, -0.15) is 0 Å². The summed E-state index contributed by atoms with van der Waals surface area (Å²) in [6, 6.07) is 11.0. The van der Waals surface area contributed by atoms with Gasteiger partial charge in [0.2, 0.25) is 0 Å². The number of hydrogen-bond donors (Lipinski definition) is 3. The van der Waals surface area contributed by atoms with Crippen molar-refractivity contribution < 1.29 is 14.9 Å². The zero-order chi connectivity index (χ0) is 21.4. The van der Waals surface area contributed by atoms with Gasteiger partial charge in [-0.3, -0.25) is 0 Å². The molecule has 5 aliphatic rings. The maximum atomic E-state index is 11.0. The highest BCUT2D eigenvalue weighted by Gasteiger charge is 2.68. The van der Waals surface area contributed by atoms with Gasteiger partial charge in [0.25, 0.3) is 0 Å². The zero-order valence-corrected chi connectivity index (χ0v) is 18.7. The number of aliphatic hydroxyl groups excluding tert-OH is 2. The number of ether oxygens (including phenoxy) is 1. The van der Waals surface area contributed by atoms with Gasteiger partial charge in [0.05, 0.1) is 17.3 Å². The molecule has 1 aromatic carbocycles. The van der Waals surface area contributed by atoms with Crippen LogP contribution in [0.15, 0.2) is 53.6 Å².